The van der Waals surface area contributed by atoms with Crippen LogP contribution < -0.4 is 5.32 Å². The first kappa shape index (κ1) is 12.4. The van der Waals surface area contributed by atoms with Gasteiger partial charge in [0.25, 0.3) is 0 Å². The van der Waals surface area contributed by atoms with Crippen LogP contribution >= 0.6 is 0 Å². The standard InChI is InChI=1S/C12H20N2O3/c15-11-2-1-10(13-11)8-14-5-3-9(4-6-14)7-12(16)17/h9-10H,1-8H2,(H,13,15)(H,16,17). The van der Waals surface area contributed by atoms with Crippen LogP contribution in [0, 0.1) is 5.92 Å². The highest BCUT2D eigenvalue weighted by atomic mass is 16.4. The van der Waals surface area contributed by atoms with E-state index in [1.165, 1.54) is 0 Å². The van der Waals surface area contributed by atoms with Crippen molar-refractivity contribution in [2.24, 2.45) is 5.92 Å². The Labute approximate surface area is 101 Å². The zero-order valence-corrected chi connectivity index (χ0v) is 10.0. The lowest BCUT2D eigenvalue weighted by Crippen LogP contribution is -2.42. The highest BCUT2D eigenvalue weighted by molar-refractivity contribution is 5.78. The van der Waals surface area contributed by atoms with Crippen molar-refractivity contribution in [3.63, 3.8) is 0 Å². The number of likely N-dealkylation sites (tertiary alicyclic amines) is 1. The second-order valence-corrected chi connectivity index (χ2v) is 5.14. The average Bonchev–Trinajstić information content (AvgIpc) is 2.66. The summed E-state index contributed by atoms with van der Waals surface area (Å²) in [6.45, 7) is 2.85. The SMILES string of the molecule is O=C(O)CC1CCN(CC2CCC(=O)N2)CC1. The highest BCUT2D eigenvalue weighted by Crippen LogP contribution is 2.21. The first-order chi connectivity index (χ1) is 8.13. The molecule has 0 aliphatic carbocycles. The van der Waals surface area contributed by atoms with Crippen molar-refractivity contribution in [3.05, 3.63) is 0 Å². The van der Waals surface area contributed by atoms with E-state index in [2.05, 4.69) is 10.2 Å². The number of nitrogens with one attached hydrogen (secondary N) is 1. The molecule has 2 heterocycles. The van der Waals surface area contributed by atoms with Gasteiger partial charge >= 0.3 is 5.97 Å². The molecular formula is C12H20N2O3. The normalized spacial score (nSPS) is 27.1. The maximum atomic E-state index is 11.1. The number of amides is 1. The van der Waals surface area contributed by atoms with Crippen LogP contribution in [-0.2, 0) is 9.59 Å². The molecule has 2 rings (SSSR count). The Morgan fingerprint density at radius 2 is 2.06 bits per heavy atom. The lowest BCUT2D eigenvalue weighted by molar-refractivity contribution is -0.138. The van der Waals surface area contributed by atoms with Gasteiger partial charge in [-0.1, -0.05) is 0 Å². The van der Waals surface area contributed by atoms with Gasteiger partial charge in [0.2, 0.25) is 5.91 Å². The minimum absolute atomic E-state index is 0.163. The van der Waals surface area contributed by atoms with Crippen molar-refractivity contribution < 1.29 is 14.7 Å². The van der Waals surface area contributed by atoms with Crippen LogP contribution in [0.3, 0.4) is 0 Å². The number of hydrogen-bond donors (Lipinski definition) is 2. The minimum Gasteiger partial charge on any atom is -0.481 e. The molecule has 0 aromatic heterocycles. The van der Waals surface area contributed by atoms with Gasteiger partial charge in [-0.25, -0.2) is 0 Å². The summed E-state index contributed by atoms with van der Waals surface area (Å²) in [5.41, 5.74) is 0. The molecule has 0 spiro atoms. The summed E-state index contributed by atoms with van der Waals surface area (Å²) >= 11 is 0. The molecule has 2 N–H and O–H groups in total. The molecule has 0 radical (unpaired) electrons. The molecule has 96 valence electrons. The van der Waals surface area contributed by atoms with Crippen LogP contribution in [0.15, 0.2) is 0 Å². The van der Waals surface area contributed by atoms with Crippen molar-refractivity contribution in [1.82, 2.24) is 10.2 Å². The zero-order valence-electron chi connectivity index (χ0n) is 10.0. The summed E-state index contributed by atoms with van der Waals surface area (Å²) in [4.78, 5) is 24.0. The van der Waals surface area contributed by atoms with Crippen LogP contribution in [0.4, 0.5) is 0 Å². The van der Waals surface area contributed by atoms with E-state index in [0.717, 1.165) is 38.9 Å². The van der Waals surface area contributed by atoms with Crippen molar-refractivity contribution in [1.29, 1.82) is 0 Å². The van der Waals surface area contributed by atoms with Gasteiger partial charge in [-0.2, -0.15) is 0 Å². The third-order valence-corrected chi connectivity index (χ3v) is 3.73. The van der Waals surface area contributed by atoms with Gasteiger partial charge in [-0.15, -0.1) is 0 Å². The number of nitrogens with zero attached hydrogens (tertiary/aromatic N) is 1. The molecule has 0 aromatic carbocycles. The van der Waals surface area contributed by atoms with Gasteiger partial charge < -0.3 is 15.3 Å². The predicted octanol–water partition coefficient (Wildman–Crippen LogP) is 0.452. The van der Waals surface area contributed by atoms with E-state index in [9.17, 15) is 9.59 Å². The van der Waals surface area contributed by atoms with Crippen LogP contribution in [0.5, 0.6) is 0 Å². The largest absolute Gasteiger partial charge is 0.481 e. The lowest BCUT2D eigenvalue weighted by Gasteiger charge is -2.32. The first-order valence-electron chi connectivity index (χ1n) is 6.37. The average molecular weight is 240 g/mol. The Balaban J connectivity index is 1.68. The Bertz CT molecular complexity index is 298. The molecule has 1 atom stereocenters. The molecule has 1 unspecified atom stereocenters. The number of aliphatic carboxylic acids is 1. The van der Waals surface area contributed by atoms with E-state index in [4.69, 9.17) is 5.11 Å². The first-order valence-corrected chi connectivity index (χ1v) is 6.37. The maximum absolute atomic E-state index is 11.1. The maximum Gasteiger partial charge on any atom is 0.303 e. The molecular weight excluding hydrogens is 220 g/mol. The van der Waals surface area contributed by atoms with E-state index in [1.807, 2.05) is 0 Å². The third-order valence-electron chi connectivity index (χ3n) is 3.73. The fraction of sp³-hybridized carbons (Fsp3) is 0.833. The fourth-order valence-corrected chi connectivity index (χ4v) is 2.75. The van der Waals surface area contributed by atoms with Crippen molar-refractivity contribution >= 4 is 11.9 Å². The van der Waals surface area contributed by atoms with Crippen LogP contribution in [-0.4, -0.2) is 47.6 Å². The van der Waals surface area contributed by atoms with Gasteiger partial charge in [0.15, 0.2) is 0 Å². The Hall–Kier alpha value is -1.10. The van der Waals surface area contributed by atoms with Crippen LogP contribution in [0.1, 0.15) is 32.1 Å². The fourth-order valence-electron chi connectivity index (χ4n) is 2.75. The number of carbonyl (C=O) groups excluding carboxylic acids is 1. The molecule has 0 saturated carbocycles. The number of carboxylic acid groups (broad SMARTS) is 1. The van der Waals surface area contributed by atoms with E-state index in [0.29, 0.717) is 24.8 Å². The topological polar surface area (TPSA) is 69.6 Å². The van der Waals surface area contributed by atoms with E-state index >= 15 is 0 Å². The Morgan fingerprint density at radius 3 is 2.59 bits per heavy atom. The number of carboxylic acids is 1. The molecule has 0 bridgehead atoms. The van der Waals surface area contributed by atoms with Crippen molar-refractivity contribution in [2.45, 2.75) is 38.1 Å². The summed E-state index contributed by atoms with van der Waals surface area (Å²) in [5, 5.41) is 11.7. The Morgan fingerprint density at radius 1 is 1.35 bits per heavy atom. The zero-order chi connectivity index (χ0) is 12.3. The third kappa shape index (κ3) is 3.70. The quantitative estimate of drug-likeness (QED) is 0.748. The van der Waals surface area contributed by atoms with E-state index < -0.39 is 5.97 Å². The van der Waals surface area contributed by atoms with Gasteiger partial charge in [-0.05, 0) is 38.3 Å². The summed E-state index contributed by atoms with van der Waals surface area (Å²) < 4.78 is 0. The smallest absolute Gasteiger partial charge is 0.303 e. The molecule has 0 aromatic rings. The summed E-state index contributed by atoms with van der Waals surface area (Å²) in [6.07, 6.45) is 3.82. The van der Waals surface area contributed by atoms with Crippen LogP contribution in [0.2, 0.25) is 0 Å². The lowest BCUT2D eigenvalue weighted by atomic mass is 9.93. The van der Waals surface area contributed by atoms with Gasteiger partial charge in [0, 0.05) is 25.4 Å². The highest BCUT2D eigenvalue weighted by Gasteiger charge is 2.26. The number of carbonyl (C=O) groups is 2. The van der Waals surface area contributed by atoms with Gasteiger partial charge in [-0.3, -0.25) is 9.59 Å². The van der Waals surface area contributed by atoms with E-state index in [-0.39, 0.29) is 5.91 Å². The van der Waals surface area contributed by atoms with Crippen LogP contribution in [0.25, 0.3) is 0 Å². The van der Waals surface area contributed by atoms with E-state index in [1.54, 1.807) is 0 Å². The van der Waals surface area contributed by atoms with Gasteiger partial charge in [0.05, 0.1) is 0 Å². The summed E-state index contributed by atoms with van der Waals surface area (Å²) in [5.74, 6) is -0.191. The molecule has 2 aliphatic rings. The molecule has 17 heavy (non-hydrogen) atoms. The molecule has 2 saturated heterocycles. The van der Waals surface area contributed by atoms with Gasteiger partial charge in [0.1, 0.15) is 0 Å². The number of rotatable bonds is 4. The number of hydrogen-bond acceptors (Lipinski definition) is 3. The molecule has 5 nitrogen and oxygen atoms in total. The summed E-state index contributed by atoms with van der Waals surface area (Å²) in [6, 6.07) is 0.304. The molecule has 2 aliphatic heterocycles. The molecule has 1 amide bonds. The minimum atomic E-state index is -0.688. The molecule has 2 fully saturated rings. The second-order valence-electron chi connectivity index (χ2n) is 5.14. The Kier molecular flexibility index (Phi) is 3.99. The monoisotopic (exact) mass is 240 g/mol. The van der Waals surface area contributed by atoms with Crippen molar-refractivity contribution in [3.8, 4) is 0 Å². The molecule has 5 heteroatoms. The summed E-state index contributed by atoms with van der Waals surface area (Å²) in [7, 11) is 0. The predicted molar refractivity (Wildman–Crippen MR) is 62.6 cm³/mol. The number of piperidine rings is 1. The second kappa shape index (κ2) is 5.49. The van der Waals surface area contributed by atoms with Crippen molar-refractivity contribution in [2.75, 3.05) is 19.6 Å².